The monoisotopic (exact) mass is 414 g/mol. The highest BCUT2D eigenvalue weighted by Crippen LogP contribution is 2.45. The van der Waals surface area contributed by atoms with Crippen LogP contribution in [0.15, 0.2) is 34.3 Å². The number of carbonyl (C=O) groups is 1. The molecule has 3 rings (SSSR count). The molecule has 2 unspecified atom stereocenters. The Hall–Kier alpha value is -2.64. The fourth-order valence-electron chi connectivity index (χ4n) is 3.85. The lowest BCUT2D eigenvalue weighted by molar-refractivity contribution is -0.105. The number of ether oxygens (including phenoxy) is 1. The van der Waals surface area contributed by atoms with E-state index in [1.807, 2.05) is 27.3 Å². The SMILES string of the molecule is CCC1C=N[C@@H](C2C[C@@H]2COC(/C=C(\C=O)NCc2cnn(C)c2)=N/N(C)C)CC1. The molecule has 1 N–H and O–H groups in total. The predicted molar refractivity (Wildman–Crippen MR) is 118 cm³/mol. The number of aliphatic imine (C=N–C) groups is 1. The van der Waals surface area contributed by atoms with Crippen molar-refractivity contribution in [2.45, 2.75) is 45.2 Å². The minimum atomic E-state index is 0.425. The van der Waals surface area contributed by atoms with Crippen molar-refractivity contribution in [3.8, 4) is 0 Å². The number of hydrogen-bond donors (Lipinski definition) is 1. The molecule has 30 heavy (non-hydrogen) atoms. The number of aryl methyl sites for hydroxylation is 1. The molecule has 2 aliphatic rings. The van der Waals surface area contributed by atoms with Gasteiger partial charge in [-0.05, 0) is 43.4 Å². The van der Waals surface area contributed by atoms with Crippen molar-refractivity contribution in [3.63, 3.8) is 0 Å². The molecule has 1 aromatic heterocycles. The molecule has 8 heteroatoms. The van der Waals surface area contributed by atoms with Crippen molar-refractivity contribution >= 4 is 18.4 Å². The van der Waals surface area contributed by atoms with E-state index in [9.17, 15) is 4.79 Å². The minimum Gasteiger partial charge on any atom is -0.476 e. The van der Waals surface area contributed by atoms with Crippen LogP contribution in [0.4, 0.5) is 0 Å². The summed E-state index contributed by atoms with van der Waals surface area (Å²) in [6, 6.07) is 0.442. The van der Waals surface area contributed by atoms with Crippen molar-refractivity contribution in [3.05, 3.63) is 29.7 Å². The Morgan fingerprint density at radius 3 is 2.87 bits per heavy atom. The second kappa shape index (κ2) is 10.4. The molecule has 1 aromatic rings. The maximum absolute atomic E-state index is 11.5. The van der Waals surface area contributed by atoms with E-state index < -0.39 is 0 Å². The number of hydrogen-bond acceptors (Lipinski definition) is 7. The normalized spacial score (nSPS) is 26.4. The van der Waals surface area contributed by atoms with Crippen molar-refractivity contribution in [2.75, 3.05) is 20.7 Å². The van der Waals surface area contributed by atoms with Crippen LogP contribution < -0.4 is 5.32 Å². The van der Waals surface area contributed by atoms with Crippen LogP contribution in [0.5, 0.6) is 0 Å². The Labute approximate surface area is 179 Å². The minimum absolute atomic E-state index is 0.425. The smallest absolute Gasteiger partial charge is 0.232 e. The molecule has 0 aromatic carbocycles. The molecule has 0 bridgehead atoms. The molecule has 2 heterocycles. The van der Waals surface area contributed by atoms with Crippen molar-refractivity contribution in [1.29, 1.82) is 0 Å². The molecule has 1 aliphatic heterocycles. The maximum Gasteiger partial charge on any atom is 0.232 e. The highest BCUT2D eigenvalue weighted by molar-refractivity contribution is 5.93. The van der Waals surface area contributed by atoms with Gasteiger partial charge in [-0.3, -0.25) is 19.5 Å². The van der Waals surface area contributed by atoms with Gasteiger partial charge in [-0.1, -0.05) is 6.92 Å². The second-order valence-electron chi connectivity index (χ2n) is 8.46. The first kappa shape index (κ1) is 22.1. The van der Waals surface area contributed by atoms with Crippen LogP contribution in [0.3, 0.4) is 0 Å². The van der Waals surface area contributed by atoms with Gasteiger partial charge >= 0.3 is 0 Å². The van der Waals surface area contributed by atoms with Gasteiger partial charge in [0.05, 0.1) is 24.5 Å². The van der Waals surface area contributed by atoms with E-state index in [-0.39, 0.29) is 0 Å². The van der Waals surface area contributed by atoms with Crippen LogP contribution in [0.25, 0.3) is 0 Å². The van der Waals surface area contributed by atoms with Crippen LogP contribution in [-0.2, 0) is 23.1 Å². The highest BCUT2D eigenvalue weighted by Gasteiger charge is 2.44. The van der Waals surface area contributed by atoms with Crippen molar-refractivity contribution in [2.24, 2.45) is 34.9 Å². The number of nitrogens with zero attached hydrogens (tertiary/aromatic N) is 5. The standard InChI is InChI=1S/C22H34N6O2/c1-5-16-6-7-21(24-10-16)20-8-18(20)15-30-22(26-27(2)3)9-19(14-29)23-11-17-12-25-28(4)13-17/h9-10,12-14,16,18,20-21,23H,5-8,11,15H2,1-4H3/b19-9+,26-22+/t16?,18-,20?,21-/m1/s1. The van der Waals surface area contributed by atoms with Crippen molar-refractivity contribution in [1.82, 2.24) is 20.1 Å². The van der Waals surface area contributed by atoms with E-state index >= 15 is 0 Å². The van der Waals surface area contributed by atoms with E-state index in [1.54, 1.807) is 22.0 Å². The molecule has 8 nitrogen and oxygen atoms in total. The quantitative estimate of drug-likeness (QED) is 0.209. The van der Waals surface area contributed by atoms with Crippen molar-refractivity contribution < 1.29 is 9.53 Å². The van der Waals surface area contributed by atoms with E-state index in [0.717, 1.165) is 18.3 Å². The molecule has 0 saturated heterocycles. The number of aromatic nitrogens is 2. The summed E-state index contributed by atoms with van der Waals surface area (Å²) in [6.45, 7) is 3.34. The summed E-state index contributed by atoms with van der Waals surface area (Å²) in [7, 11) is 5.53. The molecule has 0 spiro atoms. The zero-order valence-corrected chi connectivity index (χ0v) is 18.5. The highest BCUT2D eigenvalue weighted by atomic mass is 16.5. The van der Waals surface area contributed by atoms with Gasteiger partial charge in [-0.25, -0.2) is 0 Å². The summed E-state index contributed by atoms with van der Waals surface area (Å²) in [6.07, 6.45) is 13.0. The molecule has 1 fully saturated rings. The zero-order chi connectivity index (χ0) is 21.5. The Kier molecular flexibility index (Phi) is 7.65. The summed E-state index contributed by atoms with van der Waals surface area (Å²) >= 11 is 0. The molecule has 1 aliphatic carbocycles. The lowest BCUT2D eigenvalue weighted by Gasteiger charge is -2.21. The number of rotatable bonds is 10. The average Bonchev–Trinajstić information content (AvgIpc) is 3.40. The second-order valence-corrected chi connectivity index (χ2v) is 8.46. The van der Waals surface area contributed by atoms with Crippen LogP contribution in [-0.4, -0.2) is 59.9 Å². The van der Waals surface area contributed by atoms with Crippen LogP contribution in [0.1, 0.15) is 38.2 Å². The summed E-state index contributed by atoms with van der Waals surface area (Å²) in [4.78, 5) is 16.3. The van der Waals surface area contributed by atoms with Gasteiger partial charge in [0, 0.05) is 51.7 Å². The molecule has 1 saturated carbocycles. The van der Waals surface area contributed by atoms with E-state index in [4.69, 9.17) is 9.73 Å². The first-order valence-corrected chi connectivity index (χ1v) is 10.8. The van der Waals surface area contributed by atoms with Gasteiger partial charge in [-0.15, -0.1) is 5.10 Å². The van der Waals surface area contributed by atoms with Gasteiger partial charge in [0.1, 0.15) is 0 Å². The topological polar surface area (TPSA) is 84.1 Å². The molecular formula is C22H34N6O2. The van der Waals surface area contributed by atoms with Gasteiger partial charge in [0.2, 0.25) is 5.90 Å². The summed E-state index contributed by atoms with van der Waals surface area (Å²) in [5, 5.41) is 13.3. The van der Waals surface area contributed by atoms with Gasteiger partial charge in [-0.2, -0.15) is 5.10 Å². The van der Waals surface area contributed by atoms with Gasteiger partial charge < -0.3 is 10.1 Å². The third-order valence-corrected chi connectivity index (χ3v) is 5.72. The number of carbonyl (C=O) groups excluding carboxylic acids is 1. The lowest BCUT2D eigenvalue weighted by atomic mass is 9.93. The lowest BCUT2D eigenvalue weighted by Crippen LogP contribution is -2.20. The first-order chi connectivity index (χ1) is 14.5. The molecule has 164 valence electrons. The van der Waals surface area contributed by atoms with Gasteiger partial charge in [0.25, 0.3) is 0 Å². The van der Waals surface area contributed by atoms with Crippen LogP contribution in [0.2, 0.25) is 0 Å². The third kappa shape index (κ3) is 6.43. The molecular weight excluding hydrogens is 380 g/mol. The number of nitrogens with one attached hydrogen (secondary N) is 1. The summed E-state index contributed by atoms with van der Waals surface area (Å²) in [5.74, 6) is 2.20. The molecule has 4 atom stereocenters. The van der Waals surface area contributed by atoms with Gasteiger partial charge in [0.15, 0.2) is 6.29 Å². The van der Waals surface area contributed by atoms with E-state index in [2.05, 4.69) is 28.7 Å². The summed E-state index contributed by atoms with van der Waals surface area (Å²) < 4.78 is 7.72. The Bertz CT molecular complexity index is 797. The Balaban J connectivity index is 1.53. The fraction of sp³-hybridized carbons (Fsp3) is 0.636. The Morgan fingerprint density at radius 1 is 1.43 bits per heavy atom. The number of aldehydes is 1. The van der Waals surface area contributed by atoms with E-state index in [1.165, 1.54) is 19.3 Å². The molecule has 0 amide bonds. The maximum atomic E-state index is 11.5. The zero-order valence-electron chi connectivity index (χ0n) is 18.5. The fourth-order valence-corrected chi connectivity index (χ4v) is 3.85. The largest absolute Gasteiger partial charge is 0.476 e. The third-order valence-electron chi connectivity index (χ3n) is 5.72. The summed E-state index contributed by atoms with van der Waals surface area (Å²) in [5.41, 5.74) is 1.42. The van der Waals surface area contributed by atoms with E-state index in [0.29, 0.717) is 48.5 Å². The number of allylic oxidation sites excluding steroid dienone is 1. The Morgan fingerprint density at radius 2 is 2.27 bits per heavy atom. The predicted octanol–water partition coefficient (Wildman–Crippen LogP) is 2.38. The average molecular weight is 415 g/mol. The molecule has 0 radical (unpaired) electrons. The van der Waals surface area contributed by atoms with Crippen LogP contribution in [0, 0.1) is 17.8 Å². The first-order valence-electron chi connectivity index (χ1n) is 10.8. The number of hydrazone groups is 1. The van der Waals surface area contributed by atoms with Crippen LogP contribution >= 0.6 is 0 Å².